The standard InChI is InChI=1S/C18H28O2/c1-17(12-20-3)9-4-10-18(2)15-11-14(19)7-5-13(15)6-8-16(17)18/h16H,4-12H2,1-3H3. The maximum Gasteiger partial charge on any atom is 0.137 e. The third-order valence-electron chi connectivity index (χ3n) is 6.46. The van der Waals surface area contributed by atoms with Crippen molar-refractivity contribution in [2.24, 2.45) is 16.7 Å². The molecule has 1 fully saturated rings. The number of hydrogen-bond donors (Lipinski definition) is 0. The molecule has 20 heavy (non-hydrogen) atoms. The summed E-state index contributed by atoms with van der Waals surface area (Å²) in [6.07, 6.45) is 8.90. The van der Waals surface area contributed by atoms with Crippen molar-refractivity contribution >= 4 is 5.78 Å². The quantitative estimate of drug-likeness (QED) is 0.703. The Morgan fingerprint density at radius 3 is 2.75 bits per heavy atom. The van der Waals surface area contributed by atoms with Gasteiger partial charge >= 0.3 is 0 Å². The van der Waals surface area contributed by atoms with E-state index in [9.17, 15) is 4.79 Å². The van der Waals surface area contributed by atoms with Crippen molar-refractivity contribution in [2.75, 3.05) is 13.7 Å². The fourth-order valence-corrected chi connectivity index (χ4v) is 5.56. The zero-order chi connectivity index (χ0) is 14.4. The van der Waals surface area contributed by atoms with Crippen LogP contribution in [0.25, 0.3) is 0 Å². The monoisotopic (exact) mass is 276 g/mol. The molecule has 0 saturated heterocycles. The topological polar surface area (TPSA) is 26.3 Å². The van der Waals surface area contributed by atoms with Gasteiger partial charge in [0.2, 0.25) is 0 Å². The van der Waals surface area contributed by atoms with Gasteiger partial charge in [-0.2, -0.15) is 0 Å². The van der Waals surface area contributed by atoms with Crippen molar-refractivity contribution < 1.29 is 9.53 Å². The van der Waals surface area contributed by atoms with Crippen molar-refractivity contribution in [3.05, 3.63) is 11.1 Å². The van der Waals surface area contributed by atoms with E-state index in [2.05, 4.69) is 13.8 Å². The van der Waals surface area contributed by atoms with Crippen LogP contribution >= 0.6 is 0 Å². The fourth-order valence-electron chi connectivity index (χ4n) is 5.56. The summed E-state index contributed by atoms with van der Waals surface area (Å²) in [5.74, 6) is 1.15. The molecule has 0 spiro atoms. The molecule has 112 valence electrons. The van der Waals surface area contributed by atoms with Crippen LogP contribution in [0.4, 0.5) is 0 Å². The van der Waals surface area contributed by atoms with Gasteiger partial charge in [0, 0.05) is 20.0 Å². The highest BCUT2D eigenvalue weighted by molar-refractivity contribution is 5.83. The van der Waals surface area contributed by atoms with Gasteiger partial charge in [0.1, 0.15) is 5.78 Å². The molecule has 0 aromatic carbocycles. The summed E-state index contributed by atoms with van der Waals surface area (Å²) in [5, 5.41) is 0. The molecule has 0 aromatic heterocycles. The minimum Gasteiger partial charge on any atom is -0.384 e. The minimum atomic E-state index is 0.259. The van der Waals surface area contributed by atoms with Crippen molar-refractivity contribution in [1.29, 1.82) is 0 Å². The number of fused-ring (bicyclic) bond motifs is 2. The largest absolute Gasteiger partial charge is 0.384 e. The Kier molecular flexibility index (Phi) is 3.56. The van der Waals surface area contributed by atoms with Gasteiger partial charge in [-0.3, -0.25) is 4.79 Å². The molecule has 3 aliphatic rings. The van der Waals surface area contributed by atoms with Crippen LogP contribution < -0.4 is 0 Å². The van der Waals surface area contributed by atoms with E-state index in [4.69, 9.17) is 4.74 Å². The number of ether oxygens (including phenoxy) is 1. The third-order valence-corrected chi connectivity index (χ3v) is 6.46. The van der Waals surface area contributed by atoms with E-state index in [0.29, 0.717) is 17.1 Å². The van der Waals surface area contributed by atoms with Crippen LogP contribution in [0.1, 0.15) is 65.2 Å². The van der Waals surface area contributed by atoms with Crippen molar-refractivity contribution in [3.63, 3.8) is 0 Å². The molecule has 0 heterocycles. The Hall–Kier alpha value is -0.630. The second-order valence-corrected chi connectivity index (χ2v) is 7.75. The van der Waals surface area contributed by atoms with Gasteiger partial charge in [-0.15, -0.1) is 0 Å². The Balaban J connectivity index is 1.98. The van der Waals surface area contributed by atoms with Crippen molar-refractivity contribution in [2.45, 2.75) is 65.2 Å². The molecule has 3 aliphatic carbocycles. The number of ketones is 1. The van der Waals surface area contributed by atoms with Crippen LogP contribution in [0.15, 0.2) is 11.1 Å². The van der Waals surface area contributed by atoms with Crippen molar-refractivity contribution in [3.8, 4) is 0 Å². The van der Waals surface area contributed by atoms with Crippen LogP contribution in [0, 0.1) is 16.7 Å². The van der Waals surface area contributed by atoms with Crippen LogP contribution in [0.3, 0.4) is 0 Å². The van der Waals surface area contributed by atoms with Gasteiger partial charge in [-0.25, -0.2) is 0 Å². The summed E-state index contributed by atoms with van der Waals surface area (Å²) < 4.78 is 5.55. The average Bonchev–Trinajstić information content (AvgIpc) is 2.39. The molecule has 0 aliphatic heterocycles. The fraction of sp³-hybridized carbons (Fsp3) is 0.833. The zero-order valence-corrected chi connectivity index (χ0v) is 13.3. The summed E-state index contributed by atoms with van der Waals surface area (Å²) in [6, 6.07) is 0. The predicted octanol–water partition coefficient (Wildman–Crippen LogP) is 4.29. The number of rotatable bonds is 2. The number of allylic oxidation sites excluding steroid dienone is 2. The first-order chi connectivity index (χ1) is 9.49. The molecule has 0 N–H and O–H groups in total. The van der Waals surface area contributed by atoms with Gasteiger partial charge in [0.05, 0.1) is 6.61 Å². The van der Waals surface area contributed by atoms with E-state index in [1.165, 1.54) is 37.7 Å². The number of carbonyl (C=O) groups is 1. The number of Topliss-reactive ketones (excluding diaryl/α,β-unsaturated/α-hetero) is 1. The van der Waals surface area contributed by atoms with Gasteiger partial charge in [-0.1, -0.05) is 31.4 Å². The highest BCUT2D eigenvalue weighted by Crippen LogP contribution is 2.61. The first-order valence-electron chi connectivity index (χ1n) is 8.22. The van der Waals surface area contributed by atoms with Crippen molar-refractivity contribution in [1.82, 2.24) is 0 Å². The summed E-state index contributed by atoms with van der Waals surface area (Å²) >= 11 is 0. The summed E-state index contributed by atoms with van der Waals surface area (Å²) in [6.45, 7) is 5.72. The van der Waals surface area contributed by atoms with E-state index in [0.717, 1.165) is 25.9 Å². The lowest BCUT2D eigenvalue weighted by molar-refractivity contribution is -0.120. The predicted molar refractivity (Wildman–Crippen MR) is 80.5 cm³/mol. The van der Waals surface area contributed by atoms with Gasteiger partial charge in [-0.05, 0) is 48.9 Å². The SMILES string of the molecule is COCC1(C)CCCC2(C)C3=C(CCC(=O)C3)CCC12. The average molecular weight is 276 g/mol. The zero-order valence-electron chi connectivity index (χ0n) is 13.3. The lowest BCUT2D eigenvalue weighted by Crippen LogP contribution is -2.49. The Morgan fingerprint density at radius 2 is 2.00 bits per heavy atom. The molecule has 0 bridgehead atoms. The Labute approximate surface area is 123 Å². The van der Waals surface area contributed by atoms with Gasteiger partial charge in [0.15, 0.2) is 0 Å². The highest BCUT2D eigenvalue weighted by Gasteiger charge is 2.52. The molecule has 3 unspecified atom stereocenters. The van der Waals surface area contributed by atoms with Crippen LogP contribution in [0.2, 0.25) is 0 Å². The first-order valence-corrected chi connectivity index (χ1v) is 8.22. The molecule has 0 radical (unpaired) electrons. The molecular weight excluding hydrogens is 248 g/mol. The summed E-state index contributed by atoms with van der Waals surface area (Å²) in [4.78, 5) is 12.0. The first kappa shape index (κ1) is 14.3. The second kappa shape index (κ2) is 4.98. The van der Waals surface area contributed by atoms with Gasteiger partial charge < -0.3 is 4.74 Å². The molecule has 1 saturated carbocycles. The molecule has 3 rings (SSSR count). The normalized spacial score (nSPS) is 41.4. The lowest BCUT2D eigenvalue weighted by atomic mass is 9.48. The third kappa shape index (κ3) is 2.07. The van der Waals surface area contributed by atoms with Gasteiger partial charge in [0.25, 0.3) is 0 Å². The molecular formula is C18H28O2. The molecule has 3 atom stereocenters. The molecule has 2 heteroatoms. The van der Waals surface area contributed by atoms with E-state index >= 15 is 0 Å². The smallest absolute Gasteiger partial charge is 0.137 e. The molecule has 2 nitrogen and oxygen atoms in total. The summed E-state index contributed by atoms with van der Waals surface area (Å²) in [5.41, 5.74) is 3.72. The van der Waals surface area contributed by atoms with E-state index in [1.807, 2.05) is 7.11 Å². The van der Waals surface area contributed by atoms with Crippen LogP contribution in [-0.2, 0) is 9.53 Å². The van der Waals surface area contributed by atoms with Crippen LogP contribution in [0.5, 0.6) is 0 Å². The second-order valence-electron chi connectivity index (χ2n) is 7.75. The molecule has 0 amide bonds. The van der Waals surface area contributed by atoms with E-state index in [1.54, 1.807) is 5.57 Å². The molecule has 0 aromatic rings. The van der Waals surface area contributed by atoms with E-state index < -0.39 is 0 Å². The number of methoxy groups -OCH3 is 1. The Bertz CT molecular complexity index is 446. The minimum absolute atomic E-state index is 0.259. The number of hydrogen-bond acceptors (Lipinski definition) is 2. The maximum atomic E-state index is 12.0. The number of carbonyl (C=O) groups excluding carboxylic acids is 1. The lowest BCUT2D eigenvalue weighted by Gasteiger charge is -2.56. The van der Waals surface area contributed by atoms with Crippen LogP contribution in [-0.4, -0.2) is 19.5 Å². The highest BCUT2D eigenvalue weighted by atomic mass is 16.5. The summed E-state index contributed by atoms with van der Waals surface area (Å²) in [7, 11) is 1.83. The Morgan fingerprint density at radius 1 is 1.20 bits per heavy atom. The maximum absolute atomic E-state index is 12.0. The van der Waals surface area contributed by atoms with E-state index in [-0.39, 0.29) is 5.41 Å².